The Kier molecular flexibility index (Phi) is 7.24. The van der Waals surface area contributed by atoms with Gasteiger partial charge in [-0.1, -0.05) is 41.9 Å². The number of likely N-dealkylation sites (N-methyl/N-ethyl adjacent to an activating group) is 1. The monoisotopic (exact) mass is 340 g/mol. The van der Waals surface area contributed by atoms with E-state index in [9.17, 15) is 4.79 Å². The summed E-state index contributed by atoms with van der Waals surface area (Å²) in [5.41, 5.74) is 1.89. The van der Waals surface area contributed by atoms with Crippen LogP contribution in [0.2, 0.25) is 0 Å². The third kappa shape index (κ3) is 5.63. The second-order valence-electron chi connectivity index (χ2n) is 5.79. The molecule has 1 amide bonds. The standard InChI is InChI=1S/C16H25BrN2O/c1-12(2)9-15(19(3)4)11-18-16(20)14-7-5-13(10-17)6-8-14/h5-8,12,15H,9-11H2,1-4H3,(H,18,20). The molecule has 0 aliphatic carbocycles. The summed E-state index contributed by atoms with van der Waals surface area (Å²) in [6, 6.07) is 8.07. The number of halogens is 1. The molecule has 1 aromatic rings. The number of carbonyl (C=O) groups excluding carboxylic acids is 1. The normalized spacial score (nSPS) is 12.8. The summed E-state index contributed by atoms with van der Waals surface area (Å²) < 4.78 is 0. The number of amides is 1. The molecule has 0 bridgehead atoms. The van der Waals surface area contributed by atoms with Crippen LogP contribution in [-0.2, 0) is 5.33 Å². The smallest absolute Gasteiger partial charge is 0.251 e. The van der Waals surface area contributed by atoms with Crippen LogP contribution in [0.3, 0.4) is 0 Å². The van der Waals surface area contributed by atoms with Gasteiger partial charge in [0.1, 0.15) is 0 Å². The summed E-state index contributed by atoms with van der Waals surface area (Å²) in [5.74, 6) is 0.624. The van der Waals surface area contributed by atoms with Crippen LogP contribution < -0.4 is 5.32 Å². The molecule has 0 saturated heterocycles. The fraction of sp³-hybridized carbons (Fsp3) is 0.562. The van der Waals surface area contributed by atoms with Gasteiger partial charge in [0, 0.05) is 23.5 Å². The summed E-state index contributed by atoms with van der Waals surface area (Å²) in [4.78, 5) is 14.3. The highest BCUT2D eigenvalue weighted by molar-refractivity contribution is 9.08. The Labute approximate surface area is 130 Å². The van der Waals surface area contributed by atoms with E-state index in [2.05, 4.69) is 54.1 Å². The summed E-state index contributed by atoms with van der Waals surface area (Å²) >= 11 is 3.40. The van der Waals surface area contributed by atoms with E-state index < -0.39 is 0 Å². The maximum Gasteiger partial charge on any atom is 0.251 e. The second-order valence-corrected chi connectivity index (χ2v) is 6.35. The number of hydrogen-bond acceptors (Lipinski definition) is 2. The first-order valence-corrected chi connectivity index (χ1v) is 8.15. The minimum absolute atomic E-state index is 0.00160. The van der Waals surface area contributed by atoms with Crippen LogP contribution in [0, 0.1) is 5.92 Å². The predicted octanol–water partition coefficient (Wildman–Crippen LogP) is 3.29. The van der Waals surface area contributed by atoms with Crippen molar-refractivity contribution < 1.29 is 4.79 Å². The molecular formula is C16H25BrN2O. The van der Waals surface area contributed by atoms with E-state index in [0.717, 1.165) is 17.3 Å². The van der Waals surface area contributed by atoms with Crippen LogP contribution in [0.4, 0.5) is 0 Å². The lowest BCUT2D eigenvalue weighted by Crippen LogP contribution is -2.41. The SMILES string of the molecule is CC(C)CC(CNC(=O)c1ccc(CBr)cc1)N(C)C. The first-order chi connectivity index (χ1) is 9.43. The van der Waals surface area contributed by atoms with Gasteiger partial charge in [0.2, 0.25) is 0 Å². The number of nitrogens with one attached hydrogen (secondary N) is 1. The van der Waals surface area contributed by atoms with Crippen molar-refractivity contribution in [2.75, 3.05) is 20.6 Å². The molecule has 0 aromatic heterocycles. The van der Waals surface area contributed by atoms with E-state index in [0.29, 0.717) is 18.5 Å². The van der Waals surface area contributed by atoms with Crippen molar-refractivity contribution in [2.24, 2.45) is 5.92 Å². The summed E-state index contributed by atoms with van der Waals surface area (Å²) in [7, 11) is 4.12. The molecule has 0 fully saturated rings. The third-order valence-corrected chi connectivity index (χ3v) is 3.99. The molecule has 3 nitrogen and oxygen atoms in total. The molecule has 20 heavy (non-hydrogen) atoms. The van der Waals surface area contributed by atoms with E-state index in [1.807, 2.05) is 24.3 Å². The molecule has 0 aliphatic rings. The van der Waals surface area contributed by atoms with Crippen molar-refractivity contribution >= 4 is 21.8 Å². The second kappa shape index (κ2) is 8.42. The van der Waals surface area contributed by atoms with Gasteiger partial charge >= 0.3 is 0 Å². The average Bonchev–Trinajstić information content (AvgIpc) is 2.42. The van der Waals surface area contributed by atoms with Crippen molar-refractivity contribution in [3.63, 3.8) is 0 Å². The molecule has 0 saturated carbocycles. The predicted molar refractivity (Wildman–Crippen MR) is 88.3 cm³/mol. The minimum Gasteiger partial charge on any atom is -0.350 e. The van der Waals surface area contributed by atoms with E-state index >= 15 is 0 Å². The average molecular weight is 341 g/mol. The van der Waals surface area contributed by atoms with Gasteiger partial charge in [0.25, 0.3) is 5.91 Å². The molecule has 1 rings (SSSR count). The Bertz CT molecular complexity index is 415. The topological polar surface area (TPSA) is 32.3 Å². The van der Waals surface area contributed by atoms with E-state index in [-0.39, 0.29) is 5.91 Å². The zero-order chi connectivity index (χ0) is 15.1. The fourth-order valence-electron chi connectivity index (χ4n) is 2.08. The number of hydrogen-bond donors (Lipinski definition) is 1. The summed E-state index contributed by atoms with van der Waals surface area (Å²) in [5, 5.41) is 3.84. The number of rotatable bonds is 7. The molecular weight excluding hydrogens is 316 g/mol. The van der Waals surface area contributed by atoms with Gasteiger partial charge in [0.15, 0.2) is 0 Å². The molecule has 0 spiro atoms. The molecule has 112 valence electrons. The van der Waals surface area contributed by atoms with Crippen LogP contribution in [0.1, 0.15) is 36.2 Å². The van der Waals surface area contributed by atoms with Crippen molar-refractivity contribution in [1.29, 1.82) is 0 Å². The molecule has 0 radical (unpaired) electrons. The number of benzene rings is 1. The van der Waals surface area contributed by atoms with Crippen LogP contribution >= 0.6 is 15.9 Å². The van der Waals surface area contributed by atoms with E-state index in [1.165, 1.54) is 5.56 Å². The van der Waals surface area contributed by atoms with Crippen molar-refractivity contribution in [1.82, 2.24) is 10.2 Å². The lowest BCUT2D eigenvalue weighted by Gasteiger charge is -2.26. The quantitative estimate of drug-likeness (QED) is 0.772. The zero-order valence-electron chi connectivity index (χ0n) is 12.8. The Morgan fingerprint density at radius 1 is 1.25 bits per heavy atom. The molecule has 0 heterocycles. The van der Waals surface area contributed by atoms with Gasteiger partial charge in [-0.05, 0) is 44.1 Å². The molecule has 1 aromatic carbocycles. The van der Waals surface area contributed by atoms with E-state index in [1.54, 1.807) is 0 Å². The van der Waals surface area contributed by atoms with Crippen LogP contribution in [0.15, 0.2) is 24.3 Å². The van der Waals surface area contributed by atoms with Gasteiger partial charge in [0.05, 0.1) is 0 Å². The maximum absolute atomic E-state index is 12.1. The van der Waals surface area contributed by atoms with Gasteiger partial charge in [-0.15, -0.1) is 0 Å². The minimum atomic E-state index is 0.00160. The molecule has 0 aliphatic heterocycles. The van der Waals surface area contributed by atoms with Crippen molar-refractivity contribution in [3.8, 4) is 0 Å². The number of carbonyl (C=O) groups is 1. The lowest BCUT2D eigenvalue weighted by atomic mass is 10.0. The molecule has 4 heteroatoms. The highest BCUT2D eigenvalue weighted by Crippen LogP contribution is 2.10. The van der Waals surface area contributed by atoms with E-state index in [4.69, 9.17) is 0 Å². The molecule has 1 unspecified atom stereocenters. The van der Waals surface area contributed by atoms with Crippen LogP contribution in [0.5, 0.6) is 0 Å². The lowest BCUT2D eigenvalue weighted by molar-refractivity contribution is 0.0938. The Hall–Kier alpha value is -0.870. The molecule has 1 N–H and O–H groups in total. The van der Waals surface area contributed by atoms with Crippen molar-refractivity contribution in [3.05, 3.63) is 35.4 Å². The Balaban J connectivity index is 2.55. The Morgan fingerprint density at radius 2 is 1.85 bits per heavy atom. The van der Waals surface area contributed by atoms with Crippen molar-refractivity contribution in [2.45, 2.75) is 31.6 Å². The largest absolute Gasteiger partial charge is 0.350 e. The zero-order valence-corrected chi connectivity index (χ0v) is 14.4. The number of nitrogens with zero attached hydrogens (tertiary/aromatic N) is 1. The summed E-state index contributed by atoms with van der Waals surface area (Å²) in [6.07, 6.45) is 1.08. The summed E-state index contributed by atoms with van der Waals surface area (Å²) in [6.45, 7) is 5.10. The van der Waals surface area contributed by atoms with Gasteiger partial charge in [-0.25, -0.2) is 0 Å². The van der Waals surface area contributed by atoms with Crippen LogP contribution in [-0.4, -0.2) is 37.5 Å². The maximum atomic E-state index is 12.1. The van der Waals surface area contributed by atoms with Gasteiger partial charge < -0.3 is 10.2 Å². The van der Waals surface area contributed by atoms with Gasteiger partial charge in [-0.2, -0.15) is 0 Å². The Morgan fingerprint density at radius 3 is 2.30 bits per heavy atom. The third-order valence-electron chi connectivity index (χ3n) is 3.34. The fourth-order valence-corrected chi connectivity index (χ4v) is 2.45. The first-order valence-electron chi connectivity index (χ1n) is 7.03. The molecule has 1 atom stereocenters. The number of alkyl halides is 1. The highest BCUT2D eigenvalue weighted by atomic mass is 79.9. The highest BCUT2D eigenvalue weighted by Gasteiger charge is 2.15. The first kappa shape index (κ1) is 17.2. The van der Waals surface area contributed by atoms with Crippen LogP contribution in [0.25, 0.3) is 0 Å². The van der Waals surface area contributed by atoms with Gasteiger partial charge in [-0.3, -0.25) is 4.79 Å².